The third-order valence-corrected chi connectivity index (χ3v) is 2.65. The highest BCUT2D eigenvalue weighted by Crippen LogP contribution is 2.31. The monoisotopic (exact) mass is 236 g/mol. The van der Waals surface area contributed by atoms with Gasteiger partial charge in [0.2, 0.25) is 5.91 Å². The maximum absolute atomic E-state index is 10.8. The van der Waals surface area contributed by atoms with Crippen LogP contribution in [0.1, 0.15) is 30.9 Å². The Balaban J connectivity index is 3.06. The molecule has 0 atom stereocenters. The second-order valence-corrected chi connectivity index (χ2v) is 4.38. The van der Waals surface area contributed by atoms with Gasteiger partial charge in [-0.25, -0.2) is 0 Å². The highest BCUT2D eigenvalue weighted by molar-refractivity contribution is 5.79. The van der Waals surface area contributed by atoms with Gasteiger partial charge in [0, 0.05) is 5.69 Å². The third kappa shape index (κ3) is 3.37. The van der Waals surface area contributed by atoms with E-state index in [2.05, 4.69) is 19.2 Å². The molecule has 4 heteroatoms. The van der Waals surface area contributed by atoms with Gasteiger partial charge in [0.15, 0.2) is 0 Å². The molecule has 94 valence electrons. The Morgan fingerprint density at radius 3 is 2.59 bits per heavy atom. The number of anilines is 1. The van der Waals surface area contributed by atoms with Gasteiger partial charge in [-0.15, -0.1) is 0 Å². The van der Waals surface area contributed by atoms with Gasteiger partial charge in [0.05, 0.1) is 13.7 Å². The lowest BCUT2D eigenvalue weighted by Crippen LogP contribution is -2.22. The van der Waals surface area contributed by atoms with Gasteiger partial charge in [-0.1, -0.05) is 13.8 Å². The quantitative estimate of drug-likeness (QED) is 0.822. The van der Waals surface area contributed by atoms with Crippen LogP contribution in [0.4, 0.5) is 5.69 Å². The molecular weight excluding hydrogens is 216 g/mol. The largest absolute Gasteiger partial charge is 0.496 e. The van der Waals surface area contributed by atoms with Crippen LogP contribution < -0.4 is 15.8 Å². The van der Waals surface area contributed by atoms with Crippen molar-refractivity contribution in [3.05, 3.63) is 23.3 Å². The van der Waals surface area contributed by atoms with Crippen LogP contribution in [0.25, 0.3) is 0 Å². The first kappa shape index (κ1) is 13.4. The van der Waals surface area contributed by atoms with E-state index < -0.39 is 0 Å². The predicted molar refractivity (Wildman–Crippen MR) is 69.5 cm³/mol. The van der Waals surface area contributed by atoms with Gasteiger partial charge in [-0.3, -0.25) is 4.79 Å². The van der Waals surface area contributed by atoms with Crippen LogP contribution in [-0.4, -0.2) is 19.6 Å². The summed E-state index contributed by atoms with van der Waals surface area (Å²) >= 11 is 0. The van der Waals surface area contributed by atoms with Gasteiger partial charge in [-0.05, 0) is 36.1 Å². The second kappa shape index (κ2) is 5.57. The van der Waals surface area contributed by atoms with Crippen molar-refractivity contribution in [2.45, 2.75) is 26.7 Å². The molecule has 0 heterocycles. The minimum Gasteiger partial charge on any atom is -0.496 e. The molecule has 1 rings (SSSR count). The highest BCUT2D eigenvalue weighted by Gasteiger charge is 2.11. The molecule has 0 aliphatic rings. The Hall–Kier alpha value is -1.71. The van der Waals surface area contributed by atoms with E-state index >= 15 is 0 Å². The predicted octanol–water partition coefficient (Wildman–Crippen LogP) is 2.02. The maximum Gasteiger partial charge on any atom is 0.236 e. The number of primary amides is 1. The van der Waals surface area contributed by atoms with E-state index in [1.165, 1.54) is 0 Å². The van der Waals surface area contributed by atoms with E-state index in [1.807, 2.05) is 19.1 Å². The minimum atomic E-state index is -0.369. The first-order valence-electron chi connectivity index (χ1n) is 5.66. The molecule has 17 heavy (non-hydrogen) atoms. The Morgan fingerprint density at radius 2 is 2.12 bits per heavy atom. The molecule has 0 fully saturated rings. The molecule has 1 aromatic rings. The van der Waals surface area contributed by atoms with Crippen LogP contribution in [0.15, 0.2) is 12.1 Å². The molecule has 0 radical (unpaired) electrons. The summed E-state index contributed by atoms with van der Waals surface area (Å²) in [4.78, 5) is 10.8. The number of nitrogens with two attached hydrogens (primary N) is 1. The van der Waals surface area contributed by atoms with Crippen LogP contribution in [0.3, 0.4) is 0 Å². The summed E-state index contributed by atoms with van der Waals surface area (Å²) in [7, 11) is 1.66. The van der Waals surface area contributed by atoms with Crippen LogP contribution in [0.5, 0.6) is 5.75 Å². The number of methoxy groups -OCH3 is 1. The Morgan fingerprint density at radius 1 is 1.47 bits per heavy atom. The van der Waals surface area contributed by atoms with Crippen molar-refractivity contribution in [1.29, 1.82) is 0 Å². The Kier molecular flexibility index (Phi) is 4.37. The normalized spacial score (nSPS) is 10.4. The molecule has 0 bridgehead atoms. The van der Waals surface area contributed by atoms with E-state index in [4.69, 9.17) is 10.5 Å². The van der Waals surface area contributed by atoms with E-state index in [0.717, 1.165) is 22.6 Å². The smallest absolute Gasteiger partial charge is 0.236 e. The fourth-order valence-corrected chi connectivity index (χ4v) is 1.70. The number of benzene rings is 1. The second-order valence-electron chi connectivity index (χ2n) is 4.38. The third-order valence-electron chi connectivity index (χ3n) is 2.65. The summed E-state index contributed by atoms with van der Waals surface area (Å²) in [6, 6.07) is 3.99. The number of carbonyl (C=O) groups excluding carboxylic acids is 1. The van der Waals surface area contributed by atoms with E-state index in [0.29, 0.717) is 5.92 Å². The topological polar surface area (TPSA) is 64.3 Å². The number of hydrogen-bond acceptors (Lipinski definition) is 3. The van der Waals surface area contributed by atoms with E-state index in [-0.39, 0.29) is 12.5 Å². The zero-order valence-electron chi connectivity index (χ0n) is 10.8. The molecule has 3 N–H and O–H groups in total. The Labute approximate surface area is 102 Å². The number of aryl methyl sites for hydroxylation is 1. The number of ether oxygens (including phenoxy) is 1. The highest BCUT2D eigenvalue weighted by atomic mass is 16.5. The van der Waals surface area contributed by atoms with Crippen molar-refractivity contribution in [3.63, 3.8) is 0 Å². The van der Waals surface area contributed by atoms with Crippen LogP contribution in [0, 0.1) is 6.92 Å². The Bertz CT molecular complexity index is 414. The number of hydrogen-bond donors (Lipinski definition) is 2. The molecule has 0 saturated heterocycles. The summed E-state index contributed by atoms with van der Waals surface area (Å²) in [6.45, 7) is 6.32. The zero-order chi connectivity index (χ0) is 13.0. The fourth-order valence-electron chi connectivity index (χ4n) is 1.70. The van der Waals surface area contributed by atoms with Gasteiger partial charge in [0.1, 0.15) is 5.75 Å². The molecule has 1 amide bonds. The van der Waals surface area contributed by atoms with Crippen molar-refractivity contribution in [2.24, 2.45) is 5.73 Å². The summed E-state index contributed by atoms with van der Waals surface area (Å²) in [5.41, 5.74) is 8.19. The first-order valence-corrected chi connectivity index (χ1v) is 5.66. The summed E-state index contributed by atoms with van der Waals surface area (Å²) in [6.07, 6.45) is 0. The molecular formula is C13H20N2O2. The van der Waals surface area contributed by atoms with Crippen LogP contribution >= 0.6 is 0 Å². The van der Waals surface area contributed by atoms with Crippen molar-refractivity contribution in [3.8, 4) is 5.75 Å². The zero-order valence-corrected chi connectivity index (χ0v) is 10.8. The van der Waals surface area contributed by atoms with Gasteiger partial charge >= 0.3 is 0 Å². The lowest BCUT2D eigenvalue weighted by molar-refractivity contribution is -0.116. The molecule has 0 saturated carbocycles. The van der Waals surface area contributed by atoms with Crippen molar-refractivity contribution in [1.82, 2.24) is 0 Å². The lowest BCUT2D eigenvalue weighted by Gasteiger charge is -2.16. The molecule has 0 aliphatic carbocycles. The fraction of sp³-hybridized carbons (Fsp3) is 0.462. The van der Waals surface area contributed by atoms with Crippen LogP contribution in [-0.2, 0) is 4.79 Å². The number of rotatable bonds is 5. The molecule has 0 spiro atoms. The van der Waals surface area contributed by atoms with E-state index in [1.54, 1.807) is 7.11 Å². The van der Waals surface area contributed by atoms with Crippen molar-refractivity contribution >= 4 is 11.6 Å². The number of carbonyl (C=O) groups is 1. The SMILES string of the molecule is COc1cc(C)c(NCC(N)=O)cc1C(C)C. The van der Waals surface area contributed by atoms with E-state index in [9.17, 15) is 4.79 Å². The standard InChI is InChI=1S/C13H20N2O2/c1-8(2)10-6-11(15-7-13(14)16)9(3)5-12(10)17-4/h5-6,8,15H,7H2,1-4H3,(H2,14,16). The summed E-state index contributed by atoms with van der Waals surface area (Å²) < 4.78 is 5.35. The van der Waals surface area contributed by atoms with Crippen LogP contribution in [0.2, 0.25) is 0 Å². The van der Waals surface area contributed by atoms with Gasteiger partial charge in [-0.2, -0.15) is 0 Å². The van der Waals surface area contributed by atoms with Crippen molar-refractivity contribution in [2.75, 3.05) is 19.0 Å². The maximum atomic E-state index is 10.8. The van der Waals surface area contributed by atoms with Gasteiger partial charge < -0.3 is 15.8 Å². The minimum absolute atomic E-state index is 0.144. The average molecular weight is 236 g/mol. The summed E-state index contributed by atoms with van der Waals surface area (Å²) in [5.74, 6) is 0.869. The lowest BCUT2D eigenvalue weighted by atomic mass is 9.99. The molecule has 0 aliphatic heterocycles. The first-order chi connectivity index (χ1) is 7.95. The molecule has 4 nitrogen and oxygen atoms in total. The van der Waals surface area contributed by atoms with Crippen molar-refractivity contribution < 1.29 is 9.53 Å². The molecule has 0 unspecified atom stereocenters. The average Bonchev–Trinajstić information content (AvgIpc) is 2.26. The summed E-state index contributed by atoms with van der Waals surface area (Å²) in [5, 5.41) is 3.03. The number of nitrogens with one attached hydrogen (secondary N) is 1. The number of amides is 1. The van der Waals surface area contributed by atoms with Gasteiger partial charge in [0.25, 0.3) is 0 Å². The molecule has 0 aromatic heterocycles. The molecule has 1 aromatic carbocycles.